The summed E-state index contributed by atoms with van der Waals surface area (Å²) >= 11 is 0. The topological polar surface area (TPSA) is 3.24 Å². The first kappa shape index (κ1) is 14.8. The average molecular weight is 297 g/mol. The van der Waals surface area contributed by atoms with E-state index in [1.165, 1.54) is 58.0 Å². The summed E-state index contributed by atoms with van der Waals surface area (Å²) in [6.45, 7) is 7.62. The van der Waals surface area contributed by atoms with Crippen molar-refractivity contribution in [3.05, 3.63) is 35.4 Å². The average Bonchev–Trinajstić information content (AvgIpc) is 3.34. The summed E-state index contributed by atoms with van der Waals surface area (Å²) in [5.41, 5.74) is 3.83. The van der Waals surface area contributed by atoms with Gasteiger partial charge >= 0.3 is 0 Å². The molecule has 1 aromatic rings. The SMILES string of the molecule is CCCCC12CCN(CC3CC3)C(Cc3ccccc31)C2C. The van der Waals surface area contributed by atoms with Crippen LogP contribution in [-0.4, -0.2) is 24.0 Å². The third kappa shape index (κ3) is 2.33. The summed E-state index contributed by atoms with van der Waals surface area (Å²) < 4.78 is 0. The van der Waals surface area contributed by atoms with Crippen LogP contribution in [0.1, 0.15) is 63.5 Å². The fraction of sp³-hybridized carbons (Fsp3) is 0.714. The number of likely N-dealkylation sites (tertiary alicyclic amines) is 1. The smallest absolute Gasteiger partial charge is 0.0170 e. The third-order valence-electron chi connectivity index (χ3n) is 6.91. The zero-order chi connectivity index (χ0) is 15.2. The lowest BCUT2D eigenvalue weighted by atomic mass is 9.56. The largest absolute Gasteiger partial charge is 0.299 e. The number of benzene rings is 1. The molecule has 1 nitrogen and oxygen atoms in total. The Morgan fingerprint density at radius 2 is 2.05 bits per heavy atom. The van der Waals surface area contributed by atoms with Gasteiger partial charge in [-0.1, -0.05) is 51.0 Å². The second kappa shape index (κ2) is 5.67. The van der Waals surface area contributed by atoms with E-state index in [1.54, 1.807) is 11.1 Å². The van der Waals surface area contributed by atoms with E-state index in [1.807, 2.05) is 0 Å². The normalized spacial score (nSPS) is 34.5. The lowest BCUT2D eigenvalue weighted by Crippen LogP contribution is -2.59. The summed E-state index contributed by atoms with van der Waals surface area (Å²) in [4.78, 5) is 2.86. The highest BCUT2D eigenvalue weighted by atomic mass is 15.2. The monoisotopic (exact) mass is 297 g/mol. The summed E-state index contributed by atoms with van der Waals surface area (Å²) in [6, 6.07) is 10.2. The highest BCUT2D eigenvalue weighted by molar-refractivity contribution is 5.40. The van der Waals surface area contributed by atoms with Gasteiger partial charge in [0.05, 0.1) is 0 Å². The van der Waals surface area contributed by atoms with Crippen molar-refractivity contribution in [2.75, 3.05) is 13.1 Å². The van der Waals surface area contributed by atoms with Crippen LogP contribution < -0.4 is 0 Å². The number of hydrogen-bond acceptors (Lipinski definition) is 1. The Balaban J connectivity index is 1.69. The standard InChI is InChI=1S/C21H31N/c1-3-4-11-21-12-13-22(15-17-9-10-17)20(16(21)2)14-18-7-5-6-8-19(18)21/h5-8,16-17,20H,3-4,9-15H2,1-2H3. The van der Waals surface area contributed by atoms with E-state index in [2.05, 4.69) is 43.0 Å². The number of nitrogens with zero attached hydrogens (tertiary/aromatic N) is 1. The lowest BCUT2D eigenvalue weighted by Gasteiger charge is -2.56. The Morgan fingerprint density at radius 1 is 1.23 bits per heavy atom. The molecule has 1 aromatic carbocycles. The number of fused-ring (bicyclic) bond motifs is 4. The van der Waals surface area contributed by atoms with Gasteiger partial charge in [-0.25, -0.2) is 0 Å². The van der Waals surface area contributed by atoms with E-state index >= 15 is 0 Å². The van der Waals surface area contributed by atoms with Crippen molar-refractivity contribution < 1.29 is 0 Å². The molecule has 4 rings (SSSR count). The fourth-order valence-electron chi connectivity index (χ4n) is 5.35. The molecular weight excluding hydrogens is 266 g/mol. The maximum atomic E-state index is 2.86. The molecule has 120 valence electrons. The molecule has 2 aliphatic carbocycles. The Kier molecular flexibility index (Phi) is 3.80. The van der Waals surface area contributed by atoms with Gasteiger partial charge in [0.2, 0.25) is 0 Å². The van der Waals surface area contributed by atoms with E-state index in [-0.39, 0.29) is 0 Å². The third-order valence-corrected chi connectivity index (χ3v) is 6.91. The summed E-state index contributed by atoms with van der Waals surface area (Å²) in [6.07, 6.45) is 9.74. The van der Waals surface area contributed by atoms with E-state index in [0.29, 0.717) is 5.41 Å². The van der Waals surface area contributed by atoms with E-state index in [0.717, 1.165) is 17.9 Å². The second-order valence-corrected chi connectivity index (χ2v) is 8.17. The van der Waals surface area contributed by atoms with Gasteiger partial charge in [-0.15, -0.1) is 0 Å². The van der Waals surface area contributed by atoms with E-state index in [4.69, 9.17) is 0 Å². The molecule has 0 amide bonds. The Bertz CT molecular complexity index is 532. The van der Waals surface area contributed by atoms with Gasteiger partial charge in [0, 0.05) is 18.0 Å². The zero-order valence-electron chi connectivity index (χ0n) is 14.4. The van der Waals surface area contributed by atoms with Crippen LogP contribution in [0, 0.1) is 11.8 Å². The molecule has 2 fully saturated rings. The van der Waals surface area contributed by atoms with Gasteiger partial charge in [0.15, 0.2) is 0 Å². The first-order chi connectivity index (χ1) is 10.7. The van der Waals surface area contributed by atoms with Crippen molar-refractivity contribution in [3.63, 3.8) is 0 Å². The van der Waals surface area contributed by atoms with E-state index < -0.39 is 0 Å². The number of unbranched alkanes of at least 4 members (excludes halogenated alkanes) is 1. The molecule has 1 aliphatic heterocycles. The molecule has 22 heavy (non-hydrogen) atoms. The maximum absolute atomic E-state index is 2.86. The Morgan fingerprint density at radius 3 is 2.82 bits per heavy atom. The summed E-state index contributed by atoms with van der Waals surface area (Å²) in [5.74, 6) is 1.84. The van der Waals surface area contributed by atoms with Crippen LogP contribution in [0.15, 0.2) is 24.3 Å². The minimum absolute atomic E-state index is 0.468. The molecule has 3 atom stereocenters. The molecule has 1 saturated heterocycles. The molecular formula is C21H31N. The molecule has 1 heterocycles. The highest BCUT2D eigenvalue weighted by Gasteiger charge is 2.50. The van der Waals surface area contributed by atoms with Crippen LogP contribution in [0.2, 0.25) is 0 Å². The van der Waals surface area contributed by atoms with Gasteiger partial charge in [-0.2, -0.15) is 0 Å². The molecule has 2 bridgehead atoms. The van der Waals surface area contributed by atoms with Crippen molar-refractivity contribution in [1.29, 1.82) is 0 Å². The van der Waals surface area contributed by atoms with Gasteiger partial charge in [0.25, 0.3) is 0 Å². The van der Waals surface area contributed by atoms with Crippen molar-refractivity contribution in [2.24, 2.45) is 11.8 Å². The van der Waals surface area contributed by atoms with Gasteiger partial charge in [-0.05, 0) is 61.6 Å². The molecule has 0 N–H and O–H groups in total. The summed E-state index contributed by atoms with van der Waals surface area (Å²) in [7, 11) is 0. The minimum Gasteiger partial charge on any atom is -0.299 e. The van der Waals surface area contributed by atoms with Crippen molar-refractivity contribution in [2.45, 2.75) is 70.3 Å². The molecule has 0 spiro atoms. The molecule has 3 unspecified atom stereocenters. The number of rotatable bonds is 5. The number of piperidine rings is 1. The van der Waals surface area contributed by atoms with Crippen molar-refractivity contribution in [1.82, 2.24) is 4.90 Å². The minimum atomic E-state index is 0.468. The molecule has 0 radical (unpaired) electrons. The van der Waals surface area contributed by atoms with Crippen LogP contribution in [0.25, 0.3) is 0 Å². The van der Waals surface area contributed by atoms with Crippen molar-refractivity contribution in [3.8, 4) is 0 Å². The fourth-order valence-corrected chi connectivity index (χ4v) is 5.35. The van der Waals surface area contributed by atoms with Gasteiger partial charge in [0.1, 0.15) is 0 Å². The van der Waals surface area contributed by atoms with Crippen LogP contribution in [-0.2, 0) is 11.8 Å². The predicted molar refractivity (Wildman–Crippen MR) is 93.2 cm³/mol. The second-order valence-electron chi connectivity index (χ2n) is 8.17. The lowest BCUT2D eigenvalue weighted by molar-refractivity contribution is 0.0148. The Hall–Kier alpha value is -0.820. The van der Waals surface area contributed by atoms with Gasteiger partial charge < -0.3 is 0 Å². The Labute approximate surface area is 136 Å². The van der Waals surface area contributed by atoms with Crippen molar-refractivity contribution >= 4 is 0 Å². The van der Waals surface area contributed by atoms with Crippen LogP contribution in [0.3, 0.4) is 0 Å². The first-order valence-corrected chi connectivity index (χ1v) is 9.57. The number of hydrogen-bond donors (Lipinski definition) is 0. The maximum Gasteiger partial charge on any atom is 0.0170 e. The molecule has 0 aromatic heterocycles. The van der Waals surface area contributed by atoms with Gasteiger partial charge in [-0.3, -0.25) is 4.90 Å². The van der Waals surface area contributed by atoms with Crippen LogP contribution >= 0.6 is 0 Å². The van der Waals surface area contributed by atoms with Crippen LogP contribution in [0.4, 0.5) is 0 Å². The molecule has 1 heteroatoms. The van der Waals surface area contributed by atoms with E-state index in [9.17, 15) is 0 Å². The molecule has 1 saturated carbocycles. The molecule has 3 aliphatic rings. The predicted octanol–water partition coefficient (Wildman–Crippen LogP) is 4.79. The highest BCUT2D eigenvalue weighted by Crippen LogP contribution is 2.52. The summed E-state index contributed by atoms with van der Waals surface area (Å²) in [5, 5.41) is 0. The first-order valence-electron chi connectivity index (χ1n) is 9.57. The zero-order valence-corrected chi connectivity index (χ0v) is 14.4. The van der Waals surface area contributed by atoms with Crippen LogP contribution in [0.5, 0.6) is 0 Å². The quantitative estimate of drug-likeness (QED) is 0.755.